The summed E-state index contributed by atoms with van der Waals surface area (Å²) in [7, 11) is 0. The van der Waals surface area contributed by atoms with Crippen molar-refractivity contribution in [2.75, 3.05) is 12.0 Å². The van der Waals surface area contributed by atoms with E-state index in [1.165, 1.54) is 30.8 Å². The second-order valence-electron chi connectivity index (χ2n) is 7.95. The van der Waals surface area contributed by atoms with Crippen molar-refractivity contribution in [3.8, 4) is 5.75 Å². The minimum absolute atomic E-state index is 0.0771. The molecule has 4 unspecified atom stereocenters. The summed E-state index contributed by atoms with van der Waals surface area (Å²) >= 11 is 1.45. The highest BCUT2D eigenvalue weighted by atomic mass is 32.2. The maximum Gasteiger partial charge on any atom is 0.325 e. The zero-order chi connectivity index (χ0) is 26.5. The van der Waals surface area contributed by atoms with Crippen LogP contribution in [0.15, 0.2) is 24.3 Å². The molecule has 0 fully saturated rings. The Kier molecular flexibility index (Phi) is 12.6. The Hall–Kier alpha value is -3.32. The average Bonchev–Trinajstić information content (AvgIpc) is 2.79. The van der Waals surface area contributed by atoms with E-state index in [2.05, 4.69) is 16.0 Å². The second kappa shape index (κ2) is 14.8. The largest absolute Gasteiger partial charge is 0.508 e. The van der Waals surface area contributed by atoms with Crippen molar-refractivity contribution in [1.82, 2.24) is 16.0 Å². The number of carbonyl (C=O) groups is 5. The van der Waals surface area contributed by atoms with Gasteiger partial charge in [-0.25, -0.2) is 0 Å². The van der Waals surface area contributed by atoms with Crippen molar-refractivity contribution in [1.29, 1.82) is 0 Å². The highest BCUT2D eigenvalue weighted by molar-refractivity contribution is 7.98. The number of carbonyl (C=O) groups excluding carboxylic acids is 4. The highest BCUT2D eigenvalue weighted by Gasteiger charge is 2.29. The van der Waals surface area contributed by atoms with Crippen molar-refractivity contribution in [2.45, 2.75) is 56.8 Å². The van der Waals surface area contributed by atoms with E-state index in [1.54, 1.807) is 12.1 Å². The van der Waals surface area contributed by atoms with Crippen molar-refractivity contribution >= 4 is 41.4 Å². The Bertz CT molecular complexity index is 897. The van der Waals surface area contributed by atoms with Gasteiger partial charge >= 0.3 is 5.97 Å². The molecule has 0 aromatic heterocycles. The van der Waals surface area contributed by atoms with Crippen molar-refractivity contribution in [3.63, 3.8) is 0 Å². The van der Waals surface area contributed by atoms with Crippen LogP contribution in [0.2, 0.25) is 0 Å². The molecule has 1 aromatic rings. The van der Waals surface area contributed by atoms with E-state index in [1.807, 2.05) is 6.26 Å². The molecule has 12 nitrogen and oxygen atoms in total. The van der Waals surface area contributed by atoms with Crippen LogP contribution in [0.4, 0.5) is 0 Å². The molecule has 4 amide bonds. The van der Waals surface area contributed by atoms with Crippen LogP contribution in [-0.2, 0) is 30.4 Å². The number of phenolic OH excluding ortho intramolecular Hbond substituents is 1. The minimum Gasteiger partial charge on any atom is -0.508 e. The number of hydrogen-bond acceptors (Lipinski definition) is 8. The Morgan fingerprint density at radius 2 is 1.49 bits per heavy atom. The van der Waals surface area contributed by atoms with Crippen LogP contribution in [0.5, 0.6) is 5.75 Å². The van der Waals surface area contributed by atoms with E-state index >= 15 is 0 Å². The lowest BCUT2D eigenvalue weighted by Crippen LogP contribution is -2.57. The number of carboxylic acid groups (broad SMARTS) is 1. The molecule has 0 aliphatic heterocycles. The molecule has 0 aliphatic rings. The van der Waals surface area contributed by atoms with E-state index in [9.17, 15) is 29.1 Å². The summed E-state index contributed by atoms with van der Waals surface area (Å²) in [5.74, 6) is -3.45. The number of amides is 4. The molecule has 194 valence electrons. The fourth-order valence-electron chi connectivity index (χ4n) is 2.97. The number of carboxylic acids is 1. The quantitative estimate of drug-likeness (QED) is 0.151. The number of nitrogens with one attached hydrogen (secondary N) is 3. The first-order chi connectivity index (χ1) is 16.4. The lowest BCUT2D eigenvalue weighted by Gasteiger charge is -2.24. The van der Waals surface area contributed by atoms with Gasteiger partial charge < -0.3 is 37.6 Å². The van der Waals surface area contributed by atoms with E-state index in [0.29, 0.717) is 11.3 Å². The van der Waals surface area contributed by atoms with Gasteiger partial charge in [-0.15, -0.1) is 0 Å². The Balaban J connectivity index is 2.91. The molecular weight excluding hydrogens is 478 g/mol. The maximum atomic E-state index is 13.0. The van der Waals surface area contributed by atoms with E-state index in [4.69, 9.17) is 16.6 Å². The maximum absolute atomic E-state index is 13.0. The van der Waals surface area contributed by atoms with Gasteiger partial charge in [0.25, 0.3) is 0 Å². The predicted octanol–water partition coefficient (Wildman–Crippen LogP) is -1.16. The summed E-state index contributed by atoms with van der Waals surface area (Å²) in [6.45, 7) is 1.25. The minimum atomic E-state index is -1.27. The molecule has 13 heteroatoms. The van der Waals surface area contributed by atoms with Gasteiger partial charge in [-0.2, -0.15) is 11.8 Å². The number of phenols is 1. The van der Waals surface area contributed by atoms with Gasteiger partial charge in [-0.05, 0) is 55.9 Å². The smallest absolute Gasteiger partial charge is 0.325 e. The van der Waals surface area contributed by atoms with Crippen LogP contribution in [0.1, 0.15) is 31.7 Å². The number of nitrogens with two attached hydrogens (primary N) is 2. The van der Waals surface area contributed by atoms with E-state index in [0.717, 1.165) is 0 Å². The molecular formula is C22H33N5O7S. The Labute approximate surface area is 207 Å². The van der Waals surface area contributed by atoms with Crippen molar-refractivity contribution < 1.29 is 34.2 Å². The average molecular weight is 512 g/mol. The molecule has 0 spiro atoms. The first kappa shape index (κ1) is 29.7. The number of aliphatic carboxylic acids is 1. The molecule has 1 aromatic carbocycles. The monoisotopic (exact) mass is 511 g/mol. The lowest BCUT2D eigenvalue weighted by atomic mass is 10.0. The molecule has 0 bridgehead atoms. The van der Waals surface area contributed by atoms with Crippen molar-refractivity contribution in [3.05, 3.63) is 29.8 Å². The molecule has 9 N–H and O–H groups in total. The zero-order valence-electron chi connectivity index (χ0n) is 19.7. The molecule has 0 saturated carbocycles. The first-order valence-corrected chi connectivity index (χ1v) is 12.3. The molecule has 35 heavy (non-hydrogen) atoms. The fourth-order valence-corrected chi connectivity index (χ4v) is 3.44. The molecule has 0 heterocycles. The molecule has 1 rings (SSSR count). The second-order valence-corrected chi connectivity index (χ2v) is 8.94. The first-order valence-electron chi connectivity index (χ1n) is 10.9. The van der Waals surface area contributed by atoms with Crippen molar-refractivity contribution in [2.24, 2.45) is 11.5 Å². The van der Waals surface area contributed by atoms with E-state index in [-0.39, 0.29) is 31.4 Å². The number of primary amides is 1. The molecule has 0 radical (unpaired) electrons. The predicted molar refractivity (Wildman–Crippen MR) is 130 cm³/mol. The third-order valence-electron chi connectivity index (χ3n) is 5.01. The van der Waals surface area contributed by atoms with Gasteiger partial charge in [0.05, 0.1) is 6.04 Å². The van der Waals surface area contributed by atoms with Crippen LogP contribution < -0.4 is 27.4 Å². The van der Waals surface area contributed by atoms with Crippen LogP contribution >= 0.6 is 11.8 Å². The topological polar surface area (TPSA) is 214 Å². The normalized spacial score (nSPS) is 14.1. The molecule has 4 atom stereocenters. The zero-order valence-corrected chi connectivity index (χ0v) is 20.5. The molecule has 0 saturated heterocycles. The number of aromatic hydroxyl groups is 1. The van der Waals surface area contributed by atoms with Gasteiger partial charge in [0, 0.05) is 6.42 Å². The summed E-state index contributed by atoms with van der Waals surface area (Å²) in [6.07, 6.45) is 1.85. The van der Waals surface area contributed by atoms with E-state index < -0.39 is 53.8 Å². The van der Waals surface area contributed by atoms with Crippen LogP contribution in [0, 0.1) is 0 Å². The van der Waals surface area contributed by atoms with Crippen LogP contribution in [-0.4, -0.2) is 76.0 Å². The van der Waals surface area contributed by atoms with Gasteiger partial charge in [-0.3, -0.25) is 24.0 Å². The summed E-state index contributed by atoms with van der Waals surface area (Å²) in [5, 5.41) is 25.7. The Morgan fingerprint density at radius 1 is 0.943 bits per heavy atom. The standard InChI is InChI=1S/C22H33N5O7S/c1-12(22(33)34)25-20(31)16(7-8-18(24)29)27-21(32)17(9-10-35-2)26-19(30)15(23)11-13-3-5-14(28)6-4-13/h3-6,12,15-17,28H,7-11,23H2,1-2H3,(H2,24,29)(H,25,31)(H,26,30)(H,27,32)(H,33,34). The van der Waals surface area contributed by atoms with Gasteiger partial charge in [0.15, 0.2) is 0 Å². The number of rotatable bonds is 15. The van der Waals surface area contributed by atoms with Crippen LogP contribution in [0.25, 0.3) is 0 Å². The SMILES string of the molecule is CSCCC(NC(=O)C(N)Cc1ccc(O)cc1)C(=O)NC(CCC(N)=O)C(=O)NC(C)C(=O)O. The number of benzene rings is 1. The van der Waals surface area contributed by atoms with Crippen LogP contribution in [0.3, 0.4) is 0 Å². The third kappa shape index (κ3) is 11.1. The highest BCUT2D eigenvalue weighted by Crippen LogP contribution is 2.11. The summed E-state index contributed by atoms with van der Waals surface area (Å²) in [5.41, 5.74) is 11.9. The summed E-state index contributed by atoms with van der Waals surface area (Å²) in [6, 6.07) is 1.72. The number of thioether (sulfide) groups is 1. The van der Waals surface area contributed by atoms with Gasteiger partial charge in [-0.1, -0.05) is 12.1 Å². The summed E-state index contributed by atoms with van der Waals surface area (Å²) < 4.78 is 0. The third-order valence-corrected chi connectivity index (χ3v) is 5.66. The van der Waals surface area contributed by atoms with Gasteiger partial charge in [0.2, 0.25) is 23.6 Å². The molecule has 0 aliphatic carbocycles. The van der Waals surface area contributed by atoms with Gasteiger partial charge in [0.1, 0.15) is 23.9 Å². The summed E-state index contributed by atoms with van der Waals surface area (Å²) in [4.78, 5) is 60.4. The lowest BCUT2D eigenvalue weighted by molar-refractivity contribution is -0.142. The number of hydrogen-bond donors (Lipinski definition) is 7. The Morgan fingerprint density at radius 3 is 2.03 bits per heavy atom. The fraction of sp³-hybridized carbons (Fsp3) is 0.500.